The van der Waals surface area contributed by atoms with E-state index in [-0.39, 0.29) is 18.6 Å². The Balaban J connectivity index is 1.87. The third-order valence-electron chi connectivity index (χ3n) is 3.76. The minimum Gasteiger partial charge on any atom is -0.396 e. The first-order chi connectivity index (χ1) is 10.3. The van der Waals surface area contributed by atoms with Gasteiger partial charge in [0.05, 0.1) is 0 Å². The number of hydrogen-bond acceptors (Lipinski definition) is 3. The maximum absolute atomic E-state index is 12.2. The average Bonchev–Trinajstić information content (AvgIpc) is 2.81. The second kappa shape index (κ2) is 8.95. The molecule has 4 nitrogen and oxygen atoms in total. The second-order valence-corrected chi connectivity index (χ2v) is 6.48. The quantitative estimate of drug-likeness (QED) is 0.877. The summed E-state index contributed by atoms with van der Waals surface area (Å²) in [4.78, 5) is 14.1. The molecule has 0 saturated carbocycles. The first-order valence-electron chi connectivity index (χ1n) is 7.57. The van der Waals surface area contributed by atoms with E-state index in [0.29, 0.717) is 13.0 Å². The lowest BCUT2D eigenvalue weighted by Gasteiger charge is -2.23. The molecule has 2 N–H and O–H groups in total. The Morgan fingerprint density at radius 2 is 2.10 bits per heavy atom. The van der Waals surface area contributed by atoms with E-state index < -0.39 is 0 Å². The molecule has 0 radical (unpaired) electrons. The Kier molecular flexibility index (Phi) is 6.89. The Hall–Kier alpha value is -1.20. The van der Waals surface area contributed by atoms with E-state index in [9.17, 15) is 9.90 Å². The Labute approximate surface area is 130 Å². The lowest BCUT2D eigenvalue weighted by atomic mass is 9.96. The highest BCUT2D eigenvalue weighted by Crippen LogP contribution is 2.18. The summed E-state index contributed by atoms with van der Waals surface area (Å²) in [5.74, 6) is 2.33. The molecule has 5 heteroatoms. The average molecular weight is 308 g/mol. The molecule has 0 bridgehead atoms. The molecular weight excluding hydrogens is 284 g/mol. The van der Waals surface area contributed by atoms with E-state index in [0.717, 1.165) is 31.0 Å². The van der Waals surface area contributed by atoms with Gasteiger partial charge in [0.2, 0.25) is 0 Å². The van der Waals surface area contributed by atoms with Gasteiger partial charge in [-0.25, -0.2) is 4.79 Å². The van der Waals surface area contributed by atoms with Gasteiger partial charge in [-0.15, -0.1) is 0 Å². The Bertz CT molecular complexity index is 420. The third-order valence-corrected chi connectivity index (χ3v) is 4.81. The van der Waals surface area contributed by atoms with Crippen molar-refractivity contribution >= 4 is 17.8 Å². The third kappa shape index (κ3) is 5.25. The standard InChI is InChI=1S/C16H24N2O2S/c19-10-7-15(14-5-2-1-3-6-14)13-17-16(20)18-8-4-11-21-12-9-18/h1-3,5-6,15,19H,4,7-13H2,(H,17,20). The van der Waals surface area contributed by atoms with Crippen LogP contribution in [0.5, 0.6) is 0 Å². The zero-order chi connectivity index (χ0) is 14.9. The van der Waals surface area contributed by atoms with Crippen LogP contribution >= 0.6 is 11.8 Å². The van der Waals surface area contributed by atoms with Gasteiger partial charge in [-0.1, -0.05) is 30.3 Å². The maximum Gasteiger partial charge on any atom is 0.317 e. The van der Waals surface area contributed by atoms with E-state index >= 15 is 0 Å². The number of aliphatic hydroxyl groups excluding tert-OH is 1. The number of rotatable bonds is 5. The largest absolute Gasteiger partial charge is 0.396 e. The van der Waals surface area contributed by atoms with Crippen LogP contribution in [0.2, 0.25) is 0 Å². The van der Waals surface area contributed by atoms with Gasteiger partial charge in [0.25, 0.3) is 0 Å². The normalized spacial score (nSPS) is 17.1. The molecule has 21 heavy (non-hydrogen) atoms. The first kappa shape index (κ1) is 16.2. The molecule has 2 rings (SSSR count). The molecule has 116 valence electrons. The zero-order valence-electron chi connectivity index (χ0n) is 12.3. The summed E-state index contributed by atoms with van der Waals surface area (Å²) in [5.41, 5.74) is 1.17. The minimum atomic E-state index is 0.0244. The summed E-state index contributed by atoms with van der Waals surface area (Å²) in [6.07, 6.45) is 1.73. The van der Waals surface area contributed by atoms with Crippen molar-refractivity contribution in [3.8, 4) is 0 Å². The van der Waals surface area contributed by atoms with Crippen LogP contribution in [0.15, 0.2) is 30.3 Å². The molecule has 1 saturated heterocycles. The highest BCUT2D eigenvalue weighted by molar-refractivity contribution is 7.99. The molecule has 1 aromatic carbocycles. The van der Waals surface area contributed by atoms with Crippen LogP contribution in [0, 0.1) is 0 Å². The van der Waals surface area contributed by atoms with Crippen LogP contribution in [0.25, 0.3) is 0 Å². The van der Waals surface area contributed by atoms with Gasteiger partial charge in [0.1, 0.15) is 0 Å². The Morgan fingerprint density at radius 3 is 2.86 bits per heavy atom. The lowest BCUT2D eigenvalue weighted by Crippen LogP contribution is -2.42. The van der Waals surface area contributed by atoms with Crippen molar-refractivity contribution in [3.63, 3.8) is 0 Å². The van der Waals surface area contributed by atoms with Crippen molar-refractivity contribution in [1.29, 1.82) is 0 Å². The molecule has 1 aliphatic heterocycles. The lowest BCUT2D eigenvalue weighted by molar-refractivity contribution is 0.200. The molecule has 1 unspecified atom stereocenters. The fraction of sp³-hybridized carbons (Fsp3) is 0.562. The van der Waals surface area contributed by atoms with Crippen LogP contribution in [0.1, 0.15) is 24.3 Å². The van der Waals surface area contributed by atoms with Crippen LogP contribution in [-0.4, -0.2) is 53.8 Å². The van der Waals surface area contributed by atoms with Gasteiger partial charge >= 0.3 is 6.03 Å². The number of hydrogen-bond donors (Lipinski definition) is 2. The highest BCUT2D eigenvalue weighted by atomic mass is 32.2. The summed E-state index contributed by atoms with van der Waals surface area (Å²) in [6, 6.07) is 10.1. The molecule has 1 heterocycles. The van der Waals surface area contributed by atoms with Crippen molar-refractivity contribution in [1.82, 2.24) is 10.2 Å². The van der Waals surface area contributed by atoms with E-state index in [2.05, 4.69) is 17.4 Å². The summed E-state index contributed by atoms with van der Waals surface area (Å²) in [5, 5.41) is 12.3. The van der Waals surface area contributed by atoms with E-state index in [4.69, 9.17) is 0 Å². The maximum atomic E-state index is 12.2. The molecule has 2 amide bonds. The summed E-state index contributed by atoms with van der Waals surface area (Å²) < 4.78 is 0. The topological polar surface area (TPSA) is 52.6 Å². The monoisotopic (exact) mass is 308 g/mol. The molecule has 0 aliphatic carbocycles. The second-order valence-electron chi connectivity index (χ2n) is 5.26. The Morgan fingerprint density at radius 1 is 1.29 bits per heavy atom. The number of carbonyl (C=O) groups excluding carboxylic acids is 1. The van der Waals surface area contributed by atoms with Crippen molar-refractivity contribution < 1.29 is 9.90 Å². The smallest absolute Gasteiger partial charge is 0.317 e. The van der Waals surface area contributed by atoms with Gasteiger partial charge in [-0.2, -0.15) is 11.8 Å². The first-order valence-corrected chi connectivity index (χ1v) is 8.73. The highest BCUT2D eigenvalue weighted by Gasteiger charge is 2.17. The molecule has 0 aromatic heterocycles. The van der Waals surface area contributed by atoms with Crippen LogP contribution in [-0.2, 0) is 0 Å². The number of carbonyl (C=O) groups is 1. The van der Waals surface area contributed by atoms with Gasteiger partial charge in [-0.05, 0) is 24.2 Å². The number of nitrogens with zero attached hydrogens (tertiary/aromatic N) is 1. The summed E-state index contributed by atoms with van der Waals surface area (Å²) in [7, 11) is 0. The van der Waals surface area contributed by atoms with Gasteiger partial charge < -0.3 is 15.3 Å². The fourth-order valence-electron chi connectivity index (χ4n) is 2.54. The van der Waals surface area contributed by atoms with Gasteiger partial charge in [0, 0.05) is 37.9 Å². The van der Waals surface area contributed by atoms with Crippen LogP contribution in [0.3, 0.4) is 0 Å². The molecule has 1 atom stereocenters. The SMILES string of the molecule is O=C(NCC(CCO)c1ccccc1)N1CCCSCC1. The molecular formula is C16H24N2O2S. The molecule has 1 fully saturated rings. The van der Waals surface area contributed by atoms with Gasteiger partial charge in [0.15, 0.2) is 0 Å². The van der Waals surface area contributed by atoms with Crippen molar-refractivity contribution in [2.75, 3.05) is 37.7 Å². The minimum absolute atomic E-state index is 0.0244. The summed E-state index contributed by atoms with van der Waals surface area (Å²) in [6.45, 7) is 2.38. The fourth-order valence-corrected chi connectivity index (χ4v) is 3.43. The van der Waals surface area contributed by atoms with Crippen molar-refractivity contribution in [2.45, 2.75) is 18.8 Å². The van der Waals surface area contributed by atoms with E-state index in [1.165, 1.54) is 5.56 Å². The number of nitrogens with one attached hydrogen (secondary N) is 1. The van der Waals surface area contributed by atoms with Crippen molar-refractivity contribution in [2.24, 2.45) is 0 Å². The van der Waals surface area contributed by atoms with E-state index in [1.54, 1.807) is 0 Å². The molecule has 0 spiro atoms. The van der Waals surface area contributed by atoms with Crippen molar-refractivity contribution in [3.05, 3.63) is 35.9 Å². The summed E-state index contributed by atoms with van der Waals surface area (Å²) >= 11 is 1.91. The number of thioether (sulfide) groups is 1. The molecule has 1 aromatic rings. The zero-order valence-corrected chi connectivity index (χ0v) is 13.1. The number of benzene rings is 1. The van der Waals surface area contributed by atoms with Crippen LogP contribution < -0.4 is 5.32 Å². The number of amides is 2. The van der Waals surface area contributed by atoms with Crippen LogP contribution in [0.4, 0.5) is 4.79 Å². The predicted molar refractivity (Wildman–Crippen MR) is 87.8 cm³/mol. The number of urea groups is 1. The molecule has 1 aliphatic rings. The predicted octanol–water partition coefficient (Wildman–Crippen LogP) is 2.30. The van der Waals surface area contributed by atoms with E-state index in [1.807, 2.05) is 34.9 Å². The van der Waals surface area contributed by atoms with Gasteiger partial charge in [-0.3, -0.25) is 0 Å². The number of aliphatic hydroxyl groups is 1.